The van der Waals surface area contributed by atoms with E-state index in [1.165, 1.54) is 6.42 Å². The van der Waals surface area contributed by atoms with Gasteiger partial charge in [0.1, 0.15) is 0 Å². The van der Waals surface area contributed by atoms with Gasteiger partial charge >= 0.3 is 0 Å². The molecule has 2 N–H and O–H groups in total. The van der Waals surface area contributed by atoms with Crippen LogP contribution in [0.15, 0.2) is 0 Å². The Hall–Kier alpha value is -0.810. The molecule has 21 heavy (non-hydrogen) atoms. The number of likely N-dealkylation sites (tertiary alicyclic amines) is 1. The molecule has 1 aliphatic carbocycles. The Morgan fingerprint density at radius 2 is 1.62 bits per heavy atom. The van der Waals surface area contributed by atoms with Crippen LogP contribution in [0, 0.1) is 5.92 Å². The average molecular weight is 318 g/mol. The van der Waals surface area contributed by atoms with Gasteiger partial charge in [0, 0.05) is 33.1 Å². The number of carbonyl (C=O) groups excluding carboxylic acids is 2. The lowest BCUT2D eigenvalue weighted by molar-refractivity contribution is -0.143. The molecule has 0 aromatic heterocycles. The lowest BCUT2D eigenvalue weighted by Gasteiger charge is -2.40. The highest BCUT2D eigenvalue weighted by atomic mass is 35.5. The predicted octanol–water partition coefficient (Wildman–Crippen LogP) is 1.40. The van der Waals surface area contributed by atoms with Gasteiger partial charge in [0.15, 0.2) is 0 Å². The fraction of sp³-hybridized carbons (Fsp3) is 0.867. The predicted molar refractivity (Wildman–Crippen MR) is 85.2 cm³/mol. The van der Waals surface area contributed by atoms with Gasteiger partial charge in [0.2, 0.25) is 11.8 Å². The number of carbonyl (C=O) groups is 2. The fourth-order valence-corrected chi connectivity index (χ4v) is 3.41. The third kappa shape index (κ3) is 4.10. The van der Waals surface area contributed by atoms with Crippen LogP contribution in [0.25, 0.3) is 0 Å². The molecule has 0 spiro atoms. The Labute approximate surface area is 133 Å². The molecule has 1 heterocycles. The summed E-state index contributed by atoms with van der Waals surface area (Å²) in [5.74, 6) is 0.347. The molecule has 0 unspecified atom stereocenters. The molecule has 0 aromatic rings. The van der Waals surface area contributed by atoms with Gasteiger partial charge < -0.3 is 15.5 Å². The second kappa shape index (κ2) is 7.45. The standard InChI is InChI=1S/C15H27N3O2.ClH/c1-17(2)13(19)12-6-10-18(11-7-12)14(20)15(16)8-4-3-5-9-15;/h12H,3-11,16H2,1-2H3;1H. The Kier molecular flexibility index (Phi) is 6.47. The molecule has 122 valence electrons. The second-order valence-electron chi connectivity index (χ2n) is 6.52. The lowest BCUT2D eigenvalue weighted by atomic mass is 9.81. The number of hydrogen-bond acceptors (Lipinski definition) is 3. The summed E-state index contributed by atoms with van der Waals surface area (Å²) in [5, 5.41) is 0. The summed E-state index contributed by atoms with van der Waals surface area (Å²) >= 11 is 0. The first-order valence-electron chi connectivity index (χ1n) is 7.73. The van der Waals surface area contributed by atoms with E-state index >= 15 is 0 Å². The van der Waals surface area contributed by atoms with Crippen molar-refractivity contribution in [3.8, 4) is 0 Å². The summed E-state index contributed by atoms with van der Waals surface area (Å²) in [5.41, 5.74) is 5.67. The summed E-state index contributed by atoms with van der Waals surface area (Å²) in [4.78, 5) is 28.1. The van der Waals surface area contributed by atoms with Gasteiger partial charge in [-0.25, -0.2) is 0 Å². The first-order valence-corrected chi connectivity index (χ1v) is 7.73. The van der Waals surface area contributed by atoms with Crippen molar-refractivity contribution in [3.63, 3.8) is 0 Å². The van der Waals surface area contributed by atoms with Crippen LogP contribution in [-0.4, -0.2) is 54.3 Å². The van der Waals surface area contributed by atoms with Crippen LogP contribution in [0.2, 0.25) is 0 Å². The molecule has 2 fully saturated rings. The lowest BCUT2D eigenvalue weighted by Crippen LogP contribution is -2.58. The third-order valence-electron chi connectivity index (χ3n) is 4.74. The number of nitrogens with two attached hydrogens (primary N) is 1. The van der Waals surface area contributed by atoms with E-state index in [2.05, 4.69) is 0 Å². The fourth-order valence-electron chi connectivity index (χ4n) is 3.41. The van der Waals surface area contributed by atoms with E-state index in [9.17, 15) is 9.59 Å². The van der Waals surface area contributed by atoms with Crippen LogP contribution in [0.1, 0.15) is 44.9 Å². The SMILES string of the molecule is CN(C)C(=O)C1CCN(C(=O)C2(N)CCCCC2)CC1.Cl. The quantitative estimate of drug-likeness (QED) is 0.837. The van der Waals surface area contributed by atoms with Crippen molar-refractivity contribution in [2.45, 2.75) is 50.5 Å². The molecule has 0 atom stereocenters. The van der Waals surface area contributed by atoms with Gasteiger partial charge in [0.25, 0.3) is 0 Å². The average Bonchev–Trinajstić information content (AvgIpc) is 2.46. The number of halogens is 1. The van der Waals surface area contributed by atoms with E-state index in [1.54, 1.807) is 19.0 Å². The number of nitrogens with zero attached hydrogens (tertiary/aromatic N) is 2. The zero-order valence-electron chi connectivity index (χ0n) is 13.1. The van der Waals surface area contributed by atoms with Crippen molar-refractivity contribution < 1.29 is 9.59 Å². The van der Waals surface area contributed by atoms with E-state index in [4.69, 9.17) is 5.73 Å². The van der Waals surface area contributed by atoms with Gasteiger partial charge in [-0.05, 0) is 25.7 Å². The molecule has 0 radical (unpaired) electrons. The van der Waals surface area contributed by atoms with Gasteiger partial charge in [-0.15, -0.1) is 12.4 Å². The number of piperidine rings is 1. The van der Waals surface area contributed by atoms with E-state index in [1.807, 2.05) is 4.90 Å². The maximum absolute atomic E-state index is 12.6. The molecule has 2 rings (SSSR count). The zero-order chi connectivity index (χ0) is 14.8. The van der Waals surface area contributed by atoms with E-state index in [0.717, 1.165) is 38.5 Å². The largest absolute Gasteiger partial charge is 0.349 e. The normalized spacial score (nSPS) is 22.3. The van der Waals surface area contributed by atoms with Crippen molar-refractivity contribution >= 4 is 24.2 Å². The molecule has 0 aromatic carbocycles. The molecule has 5 nitrogen and oxygen atoms in total. The monoisotopic (exact) mass is 317 g/mol. The smallest absolute Gasteiger partial charge is 0.242 e. The Balaban J connectivity index is 0.00000220. The number of hydrogen-bond donors (Lipinski definition) is 1. The molecule has 1 saturated carbocycles. The van der Waals surface area contributed by atoms with Crippen molar-refractivity contribution in [3.05, 3.63) is 0 Å². The molecule has 1 aliphatic heterocycles. The maximum Gasteiger partial charge on any atom is 0.242 e. The van der Waals surface area contributed by atoms with Crippen molar-refractivity contribution in [2.24, 2.45) is 11.7 Å². The number of rotatable bonds is 2. The van der Waals surface area contributed by atoms with E-state index in [-0.39, 0.29) is 30.1 Å². The molecular formula is C15H28ClN3O2. The number of amides is 2. The van der Waals surface area contributed by atoms with Crippen LogP contribution in [0.5, 0.6) is 0 Å². The maximum atomic E-state index is 12.6. The minimum absolute atomic E-state index is 0. The summed E-state index contributed by atoms with van der Waals surface area (Å²) in [6.07, 6.45) is 6.43. The summed E-state index contributed by atoms with van der Waals surface area (Å²) in [7, 11) is 3.58. The second-order valence-corrected chi connectivity index (χ2v) is 6.52. The van der Waals surface area contributed by atoms with Gasteiger partial charge in [-0.1, -0.05) is 19.3 Å². The van der Waals surface area contributed by atoms with Crippen molar-refractivity contribution in [2.75, 3.05) is 27.2 Å². The summed E-state index contributed by atoms with van der Waals surface area (Å²) < 4.78 is 0. The van der Waals surface area contributed by atoms with Crippen LogP contribution in [0.4, 0.5) is 0 Å². The summed E-state index contributed by atoms with van der Waals surface area (Å²) in [6, 6.07) is 0. The molecule has 2 aliphatic rings. The van der Waals surface area contributed by atoms with Gasteiger partial charge in [-0.3, -0.25) is 9.59 Å². The Bertz CT molecular complexity index is 373. The highest BCUT2D eigenvalue weighted by molar-refractivity contribution is 5.86. The first kappa shape index (κ1) is 18.2. The van der Waals surface area contributed by atoms with Gasteiger partial charge in [0.05, 0.1) is 5.54 Å². The topological polar surface area (TPSA) is 66.6 Å². The minimum Gasteiger partial charge on any atom is -0.349 e. The van der Waals surface area contributed by atoms with Crippen LogP contribution < -0.4 is 5.73 Å². The highest BCUT2D eigenvalue weighted by Crippen LogP contribution is 2.29. The molecule has 6 heteroatoms. The minimum atomic E-state index is -0.642. The zero-order valence-corrected chi connectivity index (χ0v) is 14.0. The summed E-state index contributed by atoms with van der Waals surface area (Å²) in [6.45, 7) is 1.34. The van der Waals surface area contributed by atoms with E-state index in [0.29, 0.717) is 13.1 Å². The Morgan fingerprint density at radius 3 is 2.10 bits per heavy atom. The molecule has 2 amide bonds. The van der Waals surface area contributed by atoms with Crippen LogP contribution in [-0.2, 0) is 9.59 Å². The molecular weight excluding hydrogens is 290 g/mol. The van der Waals surface area contributed by atoms with Crippen LogP contribution in [0.3, 0.4) is 0 Å². The van der Waals surface area contributed by atoms with Gasteiger partial charge in [-0.2, -0.15) is 0 Å². The van der Waals surface area contributed by atoms with Crippen molar-refractivity contribution in [1.29, 1.82) is 0 Å². The Morgan fingerprint density at radius 1 is 1.10 bits per heavy atom. The molecule has 1 saturated heterocycles. The van der Waals surface area contributed by atoms with E-state index < -0.39 is 5.54 Å². The van der Waals surface area contributed by atoms with Crippen molar-refractivity contribution in [1.82, 2.24) is 9.80 Å². The first-order chi connectivity index (χ1) is 9.44. The van der Waals surface area contributed by atoms with Crippen LogP contribution >= 0.6 is 12.4 Å². The molecule has 0 bridgehead atoms. The highest BCUT2D eigenvalue weighted by Gasteiger charge is 2.40. The third-order valence-corrected chi connectivity index (χ3v) is 4.74.